The Morgan fingerprint density at radius 3 is 2.73 bits per heavy atom. The largest absolute Gasteiger partial charge is 0.206 e. The van der Waals surface area contributed by atoms with Crippen molar-refractivity contribution in [3.05, 3.63) is 46.6 Å². The van der Waals surface area contributed by atoms with Crippen molar-refractivity contribution in [1.82, 2.24) is 0 Å². The molecule has 0 saturated carbocycles. The minimum atomic E-state index is -0.456. The lowest BCUT2D eigenvalue weighted by Crippen LogP contribution is -1.88. The summed E-state index contributed by atoms with van der Waals surface area (Å²) >= 11 is 1.52. The first-order valence-corrected chi connectivity index (χ1v) is 5.35. The Hall–Kier alpha value is -1.66. The van der Waals surface area contributed by atoms with Crippen LogP contribution in [0.5, 0.6) is 0 Å². The predicted molar refractivity (Wildman–Crippen MR) is 59.2 cm³/mol. The van der Waals surface area contributed by atoms with E-state index >= 15 is 0 Å². The third kappa shape index (κ3) is 1.64. The molecule has 1 aromatic heterocycles. The molecule has 0 aliphatic rings. The Bertz CT molecular complexity index is 537. The fraction of sp³-hybridized carbons (Fsp3) is 0.0833. The van der Waals surface area contributed by atoms with Gasteiger partial charge >= 0.3 is 0 Å². The number of aryl methyl sites for hydroxylation is 1. The second-order valence-electron chi connectivity index (χ2n) is 3.21. The van der Waals surface area contributed by atoms with Gasteiger partial charge in [-0.25, -0.2) is 4.39 Å². The second kappa shape index (κ2) is 3.84. The van der Waals surface area contributed by atoms with Crippen molar-refractivity contribution in [2.45, 2.75) is 6.92 Å². The Balaban J connectivity index is 2.70. The summed E-state index contributed by atoms with van der Waals surface area (Å²) in [5, 5.41) is 10.8. The lowest BCUT2D eigenvalue weighted by atomic mass is 10.0. The first kappa shape index (κ1) is 9.88. The summed E-state index contributed by atoms with van der Waals surface area (Å²) in [6.45, 7) is 1.96. The highest BCUT2D eigenvalue weighted by atomic mass is 32.1. The highest BCUT2D eigenvalue weighted by molar-refractivity contribution is 7.13. The monoisotopic (exact) mass is 217 g/mol. The summed E-state index contributed by atoms with van der Waals surface area (Å²) in [4.78, 5) is 0.964. The van der Waals surface area contributed by atoms with E-state index in [9.17, 15) is 4.39 Å². The summed E-state index contributed by atoms with van der Waals surface area (Å²) in [5.41, 5.74) is 1.88. The molecule has 0 radical (unpaired) electrons. The van der Waals surface area contributed by atoms with Crippen molar-refractivity contribution in [3.8, 4) is 16.5 Å². The maximum Gasteiger partial charge on any atom is 0.141 e. The number of thiophene rings is 1. The van der Waals surface area contributed by atoms with E-state index in [1.54, 1.807) is 12.1 Å². The van der Waals surface area contributed by atoms with Crippen LogP contribution in [0.2, 0.25) is 0 Å². The Labute approximate surface area is 91.4 Å². The van der Waals surface area contributed by atoms with Gasteiger partial charge in [0.2, 0.25) is 0 Å². The molecule has 1 heterocycles. The summed E-state index contributed by atoms with van der Waals surface area (Å²) in [5.74, 6) is -0.456. The van der Waals surface area contributed by atoms with E-state index in [2.05, 4.69) is 0 Å². The molecule has 1 nitrogen and oxygen atoms in total. The number of hydrogen-bond acceptors (Lipinski definition) is 2. The number of hydrogen-bond donors (Lipinski definition) is 0. The third-order valence-corrected chi connectivity index (χ3v) is 3.28. The maximum atomic E-state index is 13.4. The van der Waals surface area contributed by atoms with E-state index in [1.165, 1.54) is 17.4 Å². The zero-order valence-corrected chi connectivity index (χ0v) is 8.94. The van der Waals surface area contributed by atoms with E-state index < -0.39 is 5.82 Å². The number of nitrogens with zero attached hydrogens (tertiary/aromatic N) is 1. The first-order valence-electron chi connectivity index (χ1n) is 4.47. The number of halogens is 1. The second-order valence-corrected chi connectivity index (χ2v) is 4.12. The van der Waals surface area contributed by atoms with E-state index in [4.69, 9.17) is 5.26 Å². The molecule has 0 fully saturated rings. The molecule has 0 aliphatic heterocycles. The highest BCUT2D eigenvalue weighted by Crippen LogP contribution is 2.32. The standard InChI is InChI=1S/C12H8FNS/c1-8-5-6-15-12(8)9-3-2-4-11(13)10(9)7-14/h2-6H,1H3. The van der Waals surface area contributed by atoms with Gasteiger partial charge in [-0.3, -0.25) is 0 Å². The summed E-state index contributed by atoms with van der Waals surface area (Å²) < 4.78 is 13.4. The molecule has 0 N–H and O–H groups in total. The van der Waals surface area contributed by atoms with Gasteiger partial charge in [0.1, 0.15) is 11.9 Å². The molecule has 0 spiro atoms. The van der Waals surface area contributed by atoms with Crippen LogP contribution in [-0.2, 0) is 0 Å². The lowest BCUT2D eigenvalue weighted by molar-refractivity contribution is 0.624. The van der Waals surface area contributed by atoms with E-state index in [0.29, 0.717) is 5.56 Å². The molecule has 0 amide bonds. The average molecular weight is 217 g/mol. The van der Waals surface area contributed by atoms with Crippen molar-refractivity contribution in [2.75, 3.05) is 0 Å². The Morgan fingerprint density at radius 1 is 1.33 bits per heavy atom. The molecule has 0 saturated heterocycles. The van der Waals surface area contributed by atoms with Gasteiger partial charge in [-0.2, -0.15) is 5.26 Å². The Morgan fingerprint density at radius 2 is 2.13 bits per heavy atom. The normalized spacial score (nSPS) is 9.93. The molecule has 0 atom stereocenters. The molecule has 0 bridgehead atoms. The summed E-state index contributed by atoms with van der Waals surface area (Å²) in [7, 11) is 0. The first-order chi connectivity index (χ1) is 7.24. The molecular weight excluding hydrogens is 209 g/mol. The molecular formula is C12H8FNS. The number of benzene rings is 1. The van der Waals surface area contributed by atoms with Gasteiger partial charge in [-0.15, -0.1) is 11.3 Å². The van der Waals surface area contributed by atoms with Gasteiger partial charge in [0.25, 0.3) is 0 Å². The third-order valence-electron chi connectivity index (χ3n) is 2.23. The van der Waals surface area contributed by atoms with Gasteiger partial charge in [-0.1, -0.05) is 12.1 Å². The highest BCUT2D eigenvalue weighted by Gasteiger charge is 2.11. The molecule has 2 aromatic rings. The van der Waals surface area contributed by atoms with Crippen LogP contribution in [0.15, 0.2) is 29.6 Å². The van der Waals surface area contributed by atoms with E-state index in [-0.39, 0.29) is 5.56 Å². The SMILES string of the molecule is Cc1ccsc1-c1cccc(F)c1C#N. The molecule has 2 rings (SSSR count). The zero-order chi connectivity index (χ0) is 10.8. The van der Waals surface area contributed by atoms with Crippen LogP contribution in [-0.4, -0.2) is 0 Å². The van der Waals surface area contributed by atoms with E-state index in [0.717, 1.165) is 10.4 Å². The van der Waals surface area contributed by atoms with Gasteiger partial charge in [0.05, 0.1) is 5.56 Å². The van der Waals surface area contributed by atoms with Crippen LogP contribution in [0.1, 0.15) is 11.1 Å². The predicted octanol–water partition coefficient (Wildman–Crippen LogP) is 3.73. The maximum absolute atomic E-state index is 13.4. The molecule has 0 aliphatic carbocycles. The number of rotatable bonds is 1. The van der Waals surface area contributed by atoms with Crippen LogP contribution < -0.4 is 0 Å². The minimum absolute atomic E-state index is 0.128. The lowest BCUT2D eigenvalue weighted by Gasteiger charge is -2.03. The molecule has 74 valence electrons. The Kier molecular flexibility index (Phi) is 2.53. The van der Waals surface area contributed by atoms with Crippen LogP contribution in [0.3, 0.4) is 0 Å². The molecule has 15 heavy (non-hydrogen) atoms. The molecule has 3 heteroatoms. The van der Waals surface area contributed by atoms with Crippen molar-refractivity contribution in [3.63, 3.8) is 0 Å². The quantitative estimate of drug-likeness (QED) is 0.714. The van der Waals surface area contributed by atoms with Crippen molar-refractivity contribution < 1.29 is 4.39 Å². The van der Waals surface area contributed by atoms with Gasteiger partial charge in [0, 0.05) is 10.4 Å². The summed E-state index contributed by atoms with van der Waals surface area (Å²) in [6, 6.07) is 8.59. The van der Waals surface area contributed by atoms with Crippen molar-refractivity contribution >= 4 is 11.3 Å². The smallest absolute Gasteiger partial charge is 0.141 e. The van der Waals surface area contributed by atoms with Crippen LogP contribution in [0.25, 0.3) is 10.4 Å². The van der Waals surface area contributed by atoms with Crippen LogP contribution in [0, 0.1) is 24.1 Å². The molecule has 0 unspecified atom stereocenters. The average Bonchev–Trinajstić information content (AvgIpc) is 2.64. The van der Waals surface area contributed by atoms with Gasteiger partial charge < -0.3 is 0 Å². The van der Waals surface area contributed by atoms with E-state index in [1.807, 2.05) is 24.4 Å². The number of nitriles is 1. The fourth-order valence-corrected chi connectivity index (χ4v) is 2.43. The zero-order valence-electron chi connectivity index (χ0n) is 8.12. The topological polar surface area (TPSA) is 23.8 Å². The summed E-state index contributed by atoms with van der Waals surface area (Å²) in [6.07, 6.45) is 0. The van der Waals surface area contributed by atoms with Crippen LogP contribution >= 0.6 is 11.3 Å². The van der Waals surface area contributed by atoms with Crippen molar-refractivity contribution in [2.24, 2.45) is 0 Å². The van der Waals surface area contributed by atoms with Gasteiger partial charge in [-0.05, 0) is 30.0 Å². The minimum Gasteiger partial charge on any atom is -0.206 e. The van der Waals surface area contributed by atoms with Gasteiger partial charge in [0.15, 0.2) is 0 Å². The van der Waals surface area contributed by atoms with Crippen molar-refractivity contribution in [1.29, 1.82) is 5.26 Å². The van der Waals surface area contributed by atoms with Crippen LogP contribution in [0.4, 0.5) is 4.39 Å². The molecule has 1 aromatic carbocycles. The fourth-order valence-electron chi connectivity index (χ4n) is 1.48.